The van der Waals surface area contributed by atoms with Crippen LogP contribution in [0.1, 0.15) is 30.9 Å². The standard InChI is InChI=1S/C23H20N2O3/c24-15-17-10-7-13-19-21(26)14-20(16-8-3-1-4-9-16)25(22(17)19)23(27)28-18-11-5-2-6-12-18/h1-6,8-9,11-13,17,20,22H,7,10,14H2/t17-,20-,22+/m0/s1. The van der Waals surface area contributed by atoms with Crippen LogP contribution in [0, 0.1) is 17.2 Å². The van der Waals surface area contributed by atoms with Crippen LogP contribution >= 0.6 is 0 Å². The predicted octanol–water partition coefficient (Wildman–Crippen LogP) is 4.43. The molecule has 1 saturated heterocycles. The molecule has 2 aromatic carbocycles. The smallest absolute Gasteiger partial charge is 0.410 e. The quantitative estimate of drug-likeness (QED) is 0.782. The van der Waals surface area contributed by atoms with Gasteiger partial charge in [-0.25, -0.2) is 4.79 Å². The summed E-state index contributed by atoms with van der Waals surface area (Å²) >= 11 is 0. The fraction of sp³-hybridized carbons (Fsp3) is 0.261. The fourth-order valence-electron chi connectivity index (χ4n) is 4.09. The molecule has 2 aromatic rings. The van der Waals surface area contributed by atoms with Crippen molar-refractivity contribution in [3.63, 3.8) is 0 Å². The van der Waals surface area contributed by atoms with Gasteiger partial charge in [0, 0.05) is 12.0 Å². The second kappa shape index (κ2) is 7.69. The highest BCUT2D eigenvalue weighted by Crippen LogP contribution is 2.42. The maximum absolute atomic E-state index is 13.2. The van der Waals surface area contributed by atoms with Gasteiger partial charge in [-0.15, -0.1) is 0 Å². The minimum absolute atomic E-state index is 0.00237. The molecule has 5 heteroatoms. The van der Waals surface area contributed by atoms with Gasteiger partial charge < -0.3 is 4.74 Å². The van der Waals surface area contributed by atoms with Gasteiger partial charge in [0.05, 0.1) is 24.1 Å². The summed E-state index contributed by atoms with van der Waals surface area (Å²) in [5.74, 6) is 0.00686. The molecule has 0 radical (unpaired) electrons. The molecule has 1 aliphatic heterocycles. The van der Waals surface area contributed by atoms with Crippen LogP contribution in [0.25, 0.3) is 0 Å². The number of nitriles is 1. The molecule has 0 bridgehead atoms. The second-order valence-electron chi connectivity index (χ2n) is 7.06. The lowest BCUT2D eigenvalue weighted by atomic mass is 9.76. The van der Waals surface area contributed by atoms with Gasteiger partial charge in [0.1, 0.15) is 5.75 Å². The second-order valence-corrected chi connectivity index (χ2v) is 7.06. The summed E-state index contributed by atoms with van der Waals surface area (Å²) in [6, 6.07) is 19.6. The first-order valence-electron chi connectivity index (χ1n) is 9.42. The maximum atomic E-state index is 13.2. The Morgan fingerprint density at radius 1 is 1.07 bits per heavy atom. The van der Waals surface area contributed by atoms with Gasteiger partial charge in [-0.2, -0.15) is 5.26 Å². The van der Waals surface area contributed by atoms with E-state index in [9.17, 15) is 14.9 Å². The summed E-state index contributed by atoms with van der Waals surface area (Å²) in [4.78, 5) is 27.7. The molecule has 0 unspecified atom stereocenters. The molecule has 0 spiro atoms. The number of piperidine rings is 1. The summed E-state index contributed by atoms with van der Waals surface area (Å²) in [6.07, 6.45) is 2.83. The van der Waals surface area contributed by atoms with E-state index >= 15 is 0 Å². The summed E-state index contributed by atoms with van der Waals surface area (Å²) in [6.45, 7) is 0. The van der Waals surface area contributed by atoms with Crippen LogP contribution in [0.4, 0.5) is 4.79 Å². The molecule has 3 atom stereocenters. The first-order valence-corrected chi connectivity index (χ1v) is 9.42. The molecule has 0 N–H and O–H groups in total. The normalized spacial score (nSPS) is 24.0. The molecule has 1 aliphatic carbocycles. The lowest BCUT2D eigenvalue weighted by molar-refractivity contribution is -0.120. The van der Waals surface area contributed by atoms with Crippen LogP contribution in [0.5, 0.6) is 5.75 Å². The van der Waals surface area contributed by atoms with Crippen LogP contribution in [-0.2, 0) is 4.79 Å². The zero-order valence-corrected chi connectivity index (χ0v) is 15.3. The highest BCUT2D eigenvalue weighted by molar-refractivity contribution is 5.99. The van der Waals surface area contributed by atoms with E-state index < -0.39 is 24.1 Å². The van der Waals surface area contributed by atoms with Gasteiger partial charge in [0.25, 0.3) is 0 Å². The van der Waals surface area contributed by atoms with Crippen LogP contribution in [0.2, 0.25) is 0 Å². The first kappa shape index (κ1) is 18.0. The SMILES string of the molecule is N#C[C@@H]1CCC=C2C(=O)C[C@@H](c3ccccc3)N(C(=O)Oc3ccccc3)[C@@H]21. The molecule has 2 aliphatic rings. The monoisotopic (exact) mass is 372 g/mol. The Labute approximate surface area is 163 Å². The molecule has 1 heterocycles. The predicted molar refractivity (Wildman–Crippen MR) is 103 cm³/mol. The average molecular weight is 372 g/mol. The number of likely N-dealkylation sites (tertiary alicyclic amines) is 1. The average Bonchev–Trinajstić information content (AvgIpc) is 2.74. The molecule has 1 fully saturated rings. The highest BCUT2D eigenvalue weighted by Gasteiger charge is 2.47. The van der Waals surface area contributed by atoms with Crippen molar-refractivity contribution >= 4 is 11.9 Å². The van der Waals surface area contributed by atoms with E-state index in [4.69, 9.17) is 4.74 Å². The molecule has 0 aromatic heterocycles. The molecule has 0 saturated carbocycles. The van der Waals surface area contributed by atoms with Crippen molar-refractivity contribution in [2.45, 2.75) is 31.3 Å². The Morgan fingerprint density at radius 2 is 1.75 bits per heavy atom. The molecular weight excluding hydrogens is 352 g/mol. The van der Waals surface area contributed by atoms with E-state index in [1.165, 1.54) is 0 Å². The van der Waals surface area contributed by atoms with E-state index in [2.05, 4.69) is 6.07 Å². The number of carbonyl (C=O) groups is 2. The third kappa shape index (κ3) is 3.29. The molecule has 28 heavy (non-hydrogen) atoms. The minimum atomic E-state index is -0.582. The van der Waals surface area contributed by atoms with Crippen molar-refractivity contribution in [1.29, 1.82) is 5.26 Å². The number of Topliss-reactive ketones (excluding diaryl/α,β-unsaturated/α-hetero) is 1. The Hall–Kier alpha value is -3.39. The molecule has 5 nitrogen and oxygen atoms in total. The van der Waals surface area contributed by atoms with E-state index in [0.717, 1.165) is 5.56 Å². The molecule has 1 amide bonds. The number of rotatable bonds is 2. The summed E-state index contributed by atoms with van der Waals surface area (Å²) < 4.78 is 5.62. The zero-order chi connectivity index (χ0) is 19.5. The van der Waals surface area contributed by atoms with Crippen LogP contribution in [0.15, 0.2) is 72.3 Å². The number of para-hydroxylation sites is 1. The molecule has 4 rings (SSSR count). The van der Waals surface area contributed by atoms with Crippen LogP contribution in [-0.4, -0.2) is 22.8 Å². The van der Waals surface area contributed by atoms with E-state index in [1.54, 1.807) is 29.2 Å². The zero-order valence-electron chi connectivity index (χ0n) is 15.3. The summed E-state index contributed by atoms with van der Waals surface area (Å²) in [5.41, 5.74) is 1.43. The van der Waals surface area contributed by atoms with Crippen LogP contribution in [0.3, 0.4) is 0 Å². The first-order chi connectivity index (χ1) is 13.7. The Morgan fingerprint density at radius 3 is 2.43 bits per heavy atom. The van der Waals surface area contributed by atoms with Gasteiger partial charge in [-0.3, -0.25) is 9.69 Å². The van der Waals surface area contributed by atoms with Gasteiger partial charge >= 0.3 is 6.09 Å². The third-order valence-electron chi connectivity index (χ3n) is 5.39. The molecule has 140 valence electrons. The van der Waals surface area contributed by atoms with Gasteiger partial charge in [0.15, 0.2) is 5.78 Å². The van der Waals surface area contributed by atoms with Crippen molar-refractivity contribution in [3.05, 3.63) is 77.9 Å². The third-order valence-corrected chi connectivity index (χ3v) is 5.39. The number of benzene rings is 2. The Kier molecular flexibility index (Phi) is 4.94. The number of fused-ring (bicyclic) bond motifs is 1. The number of allylic oxidation sites excluding steroid dienone is 1. The number of hydrogen-bond acceptors (Lipinski definition) is 4. The lowest BCUT2D eigenvalue weighted by Crippen LogP contribution is -2.54. The van der Waals surface area contributed by atoms with E-state index in [1.807, 2.05) is 42.5 Å². The number of nitrogens with zero attached hydrogens (tertiary/aromatic N) is 2. The number of ether oxygens (including phenoxy) is 1. The Balaban J connectivity index is 1.76. The van der Waals surface area contributed by atoms with E-state index in [0.29, 0.717) is 24.2 Å². The number of carbonyl (C=O) groups excluding carboxylic acids is 2. The number of ketones is 1. The topological polar surface area (TPSA) is 70.4 Å². The van der Waals surface area contributed by atoms with E-state index in [-0.39, 0.29) is 12.2 Å². The van der Waals surface area contributed by atoms with Crippen molar-refractivity contribution in [3.8, 4) is 11.8 Å². The highest BCUT2D eigenvalue weighted by atomic mass is 16.6. The van der Waals surface area contributed by atoms with Crippen molar-refractivity contribution < 1.29 is 14.3 Å². The van der Waals surface area contributed by atoms with Gasteiger partial charge in [-0.05, 0) is 30.5 Å². The number of amides is 1. The maximum Gasteiger partial charge on any atom is 0.416 e. The van der Waals surface area contributed by atoms with Gasteiger partial charge in [0.2, 0.25) is 0 Å². The van der Waals surface area contributed by atoms with Crippen molar-refractivity contribution in [1.82, 2.24) is 4.90 Å². The summed E-state index contributed by atoms with van der Waals surface area (Å²) in [5, 5.41) is 9.70. The van der Waals surface area contributed by atoms with Gasteiger partial charge in [-0.1, -0.05) is 54.6 Å². The number of hydrogen-bond donors (Lipinski definition) is 0. The summed E-state index contributed by atoms with van der Waals surface area (Å²) in [7, 11) is 0. The molecular formula is C23H20N2O3. The minimum Gasteiger partial charge on any atom is -0.410 e. The van der Waals surface area contributed by atoms with Crippen molar-refractivity contribution in [2.24, 2.45) is 5.92 Å². The van der Waals surface area contributed by atoms with Crippen LogP contribution < -0.4 is 4.74 Å². The van der Waals surface area contributed by atoms with Crippen molar-refractivity contribution in [2.75, 3.05) is 0 Å². The Bertz CT molecular complexity index is 947. The lowest BCUT2D eigenvalue weighted by Gasteiger charge is -2.45. The largest absolute Gasteiger partial charge is 0.416 e. The fourth-order valence-corrected chi connectivity index (χ4v) is 4.09.